The van der Waals surface area contributed by atoms with Crippen molar-refractivity contribution in [2.24, 2.45) is 0 Å². The van der Waals surface area contributed by atoms with Gasteiger partial charge in [0.05, 0.1) is 6.42 Å². The average Bonchev–Trinajstić information content (AvgIpc) is 2.53. The van der Waals surface area contributed by atoms with Crippen LogP contribution < -0.4 is 10.2 Å². The molecule has 1 fully saturated rings. The molecule has 1 saturated heterocycles. The van der Waals surface area contributed by atoms with Crippen molar-refractivity contribution in [3.8, 4) is 0 Å². The number of hydrogen-bond acceptors (Lipinski definition) is 5. The zero-order valence-corrected chi connectivity index (χ0v) is 12.8. The molecule has 0 saturated carbocycles. The molecule has 2 heterocycles. The van der Waals surface area contributed by atoms with Crippen LogP contribution in [0.5, 0.6) is 0 Å². The summed E-state index contributed by atoms with van der Waals surface area (Å²) in [5, 5.41) is 11.5. The normalized spacial score (nSPS) is 18.0. The van der Waals surface area contributed by atoms with E-state index in [0.717, 1.165) is 37.3 Å². The van der Waals surface area contributed by atoms with Crippen LogP contribution in [0.15, 0.2) is 12.4 Å². The van der Waals surface area contributed by atoms with Gasteiger partial charge >= 0.3 is 5.97 Å². The molecule has 0 aromatic carbocycles. The van der Waals surface area contributed by atoms with Crippen molar-refractivity contribution in [2.45, 2.75) is 45.1 Å². The van der Waals surface area contributed by atoms with Crippen molar-refractivity contribution in [1.82, 2.24) is 15.3 Å². The summed E-state index contributed by atoms with van der Waals surface area (Å²) >= 11 is 0. The fourth-order valence-corrected chi connectivity index (χ4v) is 2.58. The molecule has 1 aromatic heterocycles. The van der Waals surface area contributed by atoms with E-state index in [9.17, 15) is 9.59 Å². The Labute approximate surface area is 129 Å². The minimum atomic E-state index is -0.950. The summed E-state index contributed by atoms with van der Waals surface area (Å²) in [5.74, 6) is -0.268. The summed E-state index contributed by atoms with van der Waals surface area (Å²) in [5.41, 5.74) is 0.998. The fourth-order valence-electron chi connectivity index (χ4n) is 2.58. The molecule has 1 atom stereocenters. The summed E-state index contributed by atoms with van der Waals surface area (Å²) in [4.78, 5) is 32.9. The molecule has 0 radical (unpaired) electrons. The molecule has 0 aliphatic carbocycles. The van der Waals surface area contributed by atoms with Gasteiger partial charge in [-0.3, -0.25) is 9.59 Å². The highest BCUT2D eigenvalue weighted by Gasteiger charge is 2.22. The second-order valence-electron chi connectivity index (χ2n) is 5.47. The van der Waals surface area contributed by atoms with E-state index < -0.39 is 5.97 Å². The zero-order valence-electron chi connectivity index (χ0n) is 12.8. The molecule has 7 nitrogen and oxygen atoms in total. The lowest BCUT2D eigenvalue weighted by atomic mass is 10.1. The van der Waals surface area contributed by atoms with Crippen LogP contribution in [0.1, 0.15) is 38.3 Å². The highest BCUT2D eigenvalue weighted by atomic mass is 16.4. The van der Waals surface area contributed by atoms with E-state index >= 15 is 0 Å². The van der Waals surface area contributed by atoms with Gasteiger partial charge in [-0.2, -0.15) is 0 Å². The molecular weight excluding hydrogens is 284 g/mol. The Hall–Kier alpha value is -2.18. The van der Waals surface area contributed by atoms with Crippen LogP contribution in [0.4, 0.5) is 5.82 Å². The van der Waals surface area contributed by atoms with E-state index in [2.05, 4.69) is 20.2 Å². The van der Waals surface area contributed by atoms with Gasteiger partial charge in [-0.25, -0.2) is 9.97 Å². The van der Waals surface area contributed by atoms with Crippen LogP contribution in [0.3, 0.4) is 0 Å². The number of amides is 1. The van der Waals surface area contributed by atoms with E-state index in [1.807, 2.05) is 13.0 Å². The summed E-state index contributed by atoms with van der Waals surface area (Å²) in [7, 11) is 0. The van der Waals surface area contributed by atoms with E-state index in [1.54, 1.807) is 6.33 Å². The van der Waals surface area contributed by atoms with E-state index in [4.69, 9.17) is 5.11 Å². The molecule has 7 heteroatoms. The summed E-state index contributed by atoms with van der Waals surface area (Å²) in [6.07, 6.45) is 4.20. The van der Waals surface area contributed by atoms with Crippen LogP contribution in [0.2, 0.25) is 0 Å². The Kier molecular flexibility index (Phi) is 5.68. The number of nitrogens with one attached hydrogen (secondary N) is 1. The maximum Gasteiger partial charge on any atom is 0.303 e. The lowest BCUT2D eigenvalue weighted by molar-refractivity contribution is -0.138. The van der Waals surface area contributed by atoms with E-state index in [0.29, 0.717) is 6.54 Å². The van der Waals surface area contributed by atoms with Gasteiger partial charge in [0.2, 0.25) is 5.91 Å². The van der Waals surface area contributed by atoms with Crippen molar-refractivity contribution < 1.29 is 14.7 Å². The number of carboxylic acids is 1. The topological polar surface area (TPSA) is 95.4 Å². The Balaban J connectivity index is 1.91. The molecular formula is C15H22N4O3. The number of nitrogens with zero attached hydrogens (tertiary/aromatic N) is 3. The van der Waals surface area contributed by atoms with E-state index in [-0.39, 0.29) is 24.8 Å². The third-order valence-electron chi connectivity index (χ3n) is 3.75. The average molecular weight is 306 g/mol. The third kappa shape index (κ3) is 4.68. The zero-order chi connectivity index (χ0) is 15.9. The van der Waals surface area contributed by atoms with Crippen molar-refractivity contribution in [2.75, 3.05) is 18.0 Å². The lowest BCUT2D eigenvalue weighted by Gasteiger charge is -2.34. The number of aliphatic carboxylic acids is 1. The number of carboxylic acid groups (broad SMARTS) is 1. The summed E-state index contributed by atoms with van der Waals surface area (Å²) < 4.78 is 0. The molecule has 120 valence electrons. The minimum absolute atomic E-state index is 0.0271. The van der Waals surface area contributed by atoms with Crippen LogP contribution in [0, 0.1) is 0 Å². The number of anilines is 1. The first kappa shape index (κ1) is 16.2. The molecule has 1 aliphatic heterocycles. The SMILES string of the molecule is CCc1cc(N2CCCC(NC(=O)CCC(=O)O)C2)ncn1. The minimum Gasteiger partial charge on any atom is -0.481 e. The number of carbonyl (C=O) groups is 2. The monoisotopic (exact) mass is 306 g/mol. The molecule has 1 unspecified atom stereocenters. The number of hydrogen-bond donors (Lipinski definition) is 2. The molecule has 1 aliphatic rings. The largest absolute Gasteiger partial charge is 0.481 e. The molecule has 22 heavy (non-hydrogen) atoms. The number of aromatic nitrogens is 2. The number of aryl methyl sites for hydroxylation is 1. The number of piperidine rings is 1. The summed E-state index contributed by atoms with van der Waals surface area (Å²) in [6.45, 7) is 3.65. The molecule has 0 bridgehead atoms. The Morgan fingerprint density at radius 3 is 2.95 bits per heavy atom. The highest BCUT2D eigenvalue weighted by molar-refractivity contribution is 5.80. The highest BCUT2D eigenvalue weighted by Crippen LogP contribution is 2.18. The fraction of sp³-hybridized carbons (Fsp3) is 0.600. The molecule has 2 N–H and O–H groups in total. The molecule has 2 rings (SSSR count). The molecule has 0 spiro atoms. The standard InChI is InChI=1S/C15H22N4O3/c1-2-11-8-13(17-10-16-11)19-7-3-4-12(9-19)18-14(20)5-6-15(21)22/h8,10,12H,2-7,9H2,1H3,(H,18,20)(H,21,22). The second-order valence-corrected chi connectivity index (χ2v) is 5.47. The Morgan fingerprint density at radius 1 is 1.41 bits per heavy atom. The van der Waals surface area contributed by atoms with Gasteiger partial charge < -0.3 is 15.3 Å². The predicted molar refractivity (Wildman–Crippen MR) is 81.7 cm³/mol. The maximum absolute atomic E-state index is 11.7. The van der Waals surface area contributed by atoms with Crippen molar-refractivity contribution in [1.29, 1.82) is 0 Å². The maximum atomic E-state index is 11.7. The predicted octanol–water partition coefficient (Wildman–Crippen LogP) is 0.989. The number of rotatable bonds is 6. The van der Waals surface area contributed by atoms with E-state index in [1.165, 1.54) is 0 Å². The molecule has 1 amide bonds. The van der Waals surface area contributed by atoms with Crippen LogP contribution in [-0.2, 0) is 16.0 Å². The van der Waals surface area contributed by atoms with Crippen molar-refractivity contribution >= 4 is 17.7 Å². The lowest BCUT2D eigenvalue weighted by Crippen LogP contribution is -2.48. The van der Waals surface area contributed by atoms with Crippen LogP contribution in [0.25, 0.3) is 0 Å². The van der Waals surface area contributed by atoms with Gasteiger partial charge in [0.25, 0.3) is 0 Å². The molecule has 1 aromatic rings. The first-order chi connectivity index (χ1) is 10.6. The Bertz CT molecular complexity index is 535. The quantitative estimate of drug-likeness (QED) is 0.813. The van der Waals surface area contributed by atoms with Gasteiger partial charge in [-0.1, -0.05) is 6.92 Å². The van der Waals surface area contributed by atoms with Gasteiger partial charge in [-0.05, 0) is 19.3 Å². The van der Waals surface area contributed by atoms with Crippen LogP contribution in [-0.4, -0.2) is 46.1 Å². The Morgan fingerprint density at radius 2 is 2.23 bits per heavy atom. The first-order valence-corrected chi connectivity index (χ1v) is 7.65. The van der Waals surface area contributed by atoms with Gasteiger partial charge in [0.1, 0.15) is 12.1 Å². The van der Waals surface area contributed by atoms with Crippen molar-refractivity contribution in [3.63, 3.8) is 0 Å². The third-order valence-corrected chi connectivity index (χ3v) is 3.75. The van der Waals surface area contributed by atoms with Gasteiger partial charge in [-0.15, -0.1) is 0 Å². The second kappa shape index (κ2) is 7.72. The van der Waals surface area contributed by atoms with Crippen molar-refractivity contribution in [3.05, 3.63) is 18.1 Å². The van der Waals surface area contributed by atoms with Gasteiger partial charge in [0.15, 0.2) is 0 Å². The summed E-state index contributed by atoms with van der Waals surface area (Å²) in [6, 6.07) is 2.02. The first-order valence-electron chi connectivity index (χ1n) is 7.65. The van der Waals surface area contributed by atoms with Crippen LogP contribution >= 0.6 is 0 Å². The van der Waals surface area contributed by atoms with Gasteiger partial charge in [0, 0.05) is 37.3 Å². The number of carbonyl (C=O) groups excluding carboxylic acids is 1. The smallest absolute Gasteiger partial charge is 0.303 e.